The first-order valence-electron chi connectivity index (χ1n) is 3.85. The first-order chi connectivity index (χ1) is 4.87. The maximum absolute atomic E-state index is 10.8. The molecule has 1 N–H and O–H groups in total. The van der Waals surface area contributed by atoms with Crippen LogP contribution < -0.4 is 4.72 Å². The summed E-state index contributed by atoms with van der Waals surface area (Å²) in [4.78, 5) is 0. The molecule has 3 nitrogen and oxygen atoms in total. The Bertz CT molecular complexity index is 247. The van der Waals surface area contributed by atoms with Crippen LogP contribution >= 0.6 is 0 Å². The summed E-state index contributed by atoms with van der Waals surface area (Å²) in [5, 5.41) is 0. The van der Waals surface area contributed by atoms with E-state index in [9.17, 15) is 8.42 Å². The van der Waals surface area contributed by atoms with E-state index in [1.54, 1.807) is 0 Å². The Hall–Kier alpha value is -0.0900. The molecule has 11 heavy (non-hydrogen) atoms. The Balaban J connectivity index is 2.47. The molecule has 0 aromatic carbocycles. The maximum atomic E-state index is 10.8. The van der Waals surface area contributed by atoms with Crippen LogP contribution in [0.25, 0.3) is 0 Å². The second-order valence-corrected chi connectivity index (χ2v) is 5.43. The van der Waals surface area contributed by atoms with E-state index in [1.165, 1.54) is 6.26 Å². The van der Waals surface area contributed by atoms with Crippen molar-refractivity contribution in [2.45, 2.75) is 32.7 Å². The molecule has 1 aliphatic carbocycles. The molecule has 1 fully saturated rings. The highest BCUT2D eigenvalue weighted by Gasteiger charge is 2.49. The van der Waals surface area contributed by atoms with Gasteiger partial charge in [0.15, 0.2) is 0 Å². The average molecular weight is 177 g/mol. The summed E-state index contributed by atoms with van der Waals surface area (Å²) < 4.78 is 24.2. The average Bonchev–Trinajstić information content (AvgIpc) is 2.40. The van der Waals surface area contributed by atoms with Gasteiger partial charge in [-0.3, -0.25) is 0 Å². The van der Waals surface area contributed by atoms with E-state index < -0.39 is 10.0 Å². The summed E-state index contributed by atoms with van der Waals surface area (Å²) in [5.41, 5.74) is 0.225. The fourth-order valence-corrected chi connectivity index (χ4v) is 2.13. The van der Waals surface area contributed by atoms with Crippen LogP contribution in [0, 0.1) is 5.41 Å². The highest BCUT2D eigenvalue weighted by atomic mass is 32.2. The zero-order chi connectivity index (χ0) is 8.70. The molecule has 2 unspecified atom stereocenters. The van der Waals surface area contributed by atoms with E-state index in [-0.39, 0.29) is 11.5 Å². The smallest absolute Gasteiger partial charge is 0.208 e. The Kier molecular flexibility index (Phi) is 2.01. The predicted molar refractivity (Wildman–Crippen MR) is 44.8 cm³/mol. The molecule has 0 aliphatic heterocycles. The Morgan fingerprint density at radius 3 is 2.45 bits per heavy atom. The van der Waals surface area contributed by atoms with Crippen LogP contribution in [0.4, 0.5) is 0 Å². The fraction of sp³-hybridized carbons (Fsp3) is 1.00. The molecule has 0 spiro atoms. The molecule has 2 atom stereocenters. The van der Waals surface area contributed by atoms with Gasteiger partial charge in [-0.2, -0.15) is 0 Å². The summed E-state index contributed by atoms with van der Waals surface area (Å²) in [6, 6.07) is 0.183. The summed E-state index contributed by atoms with van der Waals surface area (Å²) in [5.74, 6) is 0. The topological polar surface area (TPSA) is 46.2 Å². The van der Waals surface area contributed by atoms with Gasteiger partial charge in [-0.05, 0) is 18.3 Å². The van der Waals surface area contributed by atoms with Gasteiger partial charge in [-0.25, -0.2) is 13.1 Å². The van der Waals surface area contributed by atoms with Crippen molar-refractivity contribution < 1.29 is 8.42 Å². The molecule has 0 aromatic heterocycles. The normalized spacial score (nSPS) is 37.2. The van der Waals surface area contributed by atoms with Crippen molar-refractivity contribution in [2.75, 3.05) is 6.26 Å². The largest absolute Gasteiger partial charge is 0.213 e. The second-order valence-electron chi connectivity index (χ2n) is 3.65. The van der Waals surface area contributed by atoms with E-state index in [2.05, 4.69) is 18.6 Å². The van der Waals surface area contributed by atoms with Crippen LogP contribution in [0.1, 0.15) is 26.7 Å². The minimum absolute atomic E-state index is 0.183. The third kappa shape index (κ3) is 2.17. The van der Waals surface area contributed by atoms with Crippen LogP contribution in [-0.4, -0.2) is 20.7 Å². The molecule has 1 saturated carbocycles. The van der Waals surface area contributed by atoms with Gasteiger partial charge in [0.2, 0.25) is 10.0 Å². The van der Waals surface area contributed by atoms with E-state index in [4.69, 9.17) is 0 Å². The molecular weight excluding hydrogens is 162 g/mol. The lowest BCUT2D eigenvalue weighted by atomic mass is 10.1. The van der Waals surface area contributed by atoms with E-state index in [0.29, 0.717) is 0 Å². The zero-order valence-corrected chi connectivity index (χ0v) is 8.03. The number of sulfonamides is 1. The Morgan fingerprint density at radius 1 is 1.64 bits per heavy atom. The van der Waals surface area contributed by atoms with Gasteiger partial charge >= 0.3 is 0 Å². The summed E-state index contributed by atoms with van der Waals surface area (Å²) in [6.07, 6.45) is 3.23. The van der Waals surface area contributed by atoms with Crippen molar-refractivity contribution in [3.8, 4) is 0 Å². The summed E-state index contributed by atoms with van der Waals surface area (Å²) >= 11 is 0. The number of hydrogen-bond donors (Lipinski definition) is 1. The third-order valence-electron chi connectivity index (χ3n) is 2.52. The number of nitrogens with one attached hydrogen (secondary N) is 1. The second kappa shape index (κ2) is 2.45. The van der Waals surface area contributed by atoms with E-state index >= 15 is 0 Å². The lowest BCUT2D eigenvalue weighted by molar-refractivity contribution is 0.506. The highest BCUT2D eigenvalue weighted by molar-refractivity contribution is 7.88. The number of hydrogen-bond acceptors (Lipinski definition) is 2. The third-order valence-corrected chi connectivity index (χ3v) is 3.23. The van der Waals surface area contributed by atoms with Gasteiger partial charge in [-0.15, -0.1) is 0 Å². The quantitative estimate of drug-likeness (QED) is 0.690. The molecule has 0 saturated heterocycles. The monoisotopic (exact) mass is 177 g/mol. The number of rotatable bonds is 3. The minimum Gasteiger partial charge on any atom is -0.213 e. The van der Waals surface area contributed by atoms with Crippen LogP contribution in [-0.2, 0) is 10.0 Å². The van der Waals surface area contributed by atoms with Gasteiger partial charge in [0.1, 0.15) is 0 Å². The van der Waals surface area contributed by atoms with Crippen molar-refractivity contribution in [1.29, 1.82) is 0 Å². The fourth-order valence-electron chi connectivity index (χ4n) is 1.24. The van der Waals surface area contributed by atoms with Crippen molar-refractivity contribution in [1.82, 2.24) is 4.72 Å². The van der Waals surface area contributed by atoms with Gasteiger partial charge in [0, 0.05) is 6.04 Å². The molecule has 1 rings (SSSR count). The molecule has 1 aliphatic rings. The van der Waals surface area contributed by atoms with Crippen molar-refractivity contribution in [3.63, 3.8) is 0 Å². The lowest BCUT2D eigenvalue weighted by Gasteiger charge is -2.06. The van der Waals surface area contributed by atoms with Crippen LogP contribution in [0.5, 0.6) is 0 Å². The predicted octanol–water partition coefficient (Wildman–Crippen LogP) is 0.724. The lowest BCUT2D eigenvalue weighted by Crippen LogP contribution is -2.27. The molecule has 0 bridgehead atoms. The Labute approximate surface area is 68.2 Å². The minimum atomic E-state index is -2.99. The van der Waals surface area contributed by atoms with Crippen LogP contribution in [0.2, 0.25) is 0 Å². The first kappa shape index (κ1) is 9.00. The molecule has 4 heteroatoms. The SMILES string of the molecule is CCC1(C)CC1NS(C)(=O)=O. The highest BCUT2D eigenvalue weighted by Crippen LogP contribution is 2.48. The van der Waals surface area contributed by atoms with Gasteiger partial charge in [0.05, 0.1) is 6.26 Å². The van der Waals surface area contributed by atoms with Gasteiger partial charge < -0.3 is 0 Å². The van der Waals surface area contributed by atoms with Gasteiger partial charge in [0.25, 0.3) is 0 Å². The van der Waals surface area contributed by atoms with Crippen molar-refractivity contribution in [2.24, 2.45) is 5.41 Å². The molecular formula is C7H15NO2S. The van der Waals surface area contributed by atoms with E-state index in [1.807, 2.05) is 0 Å². The molecule has 0 aromatic rings. The van der Waals surface area contributed by atoms with E-state index in [0.717, 1.165) is 12.8 Å². The maximum Gasteiger partial charge on any atom is 0.208 e. The zero-order valence-electron chi connectivity index (χ0n) is 7.22. The van der Waals surface area contributed by atoms with Crippen LogP contribution in [0.15, 0.2) is 0 Å². The molecule has 0 amide bonds. The molecule has 0 radical (unpaired) electrons. The Morgan fingerprint density at radius 2 is 2.18 bits per heavy atom. The van der Waals surface area contributed by atoms with Gasteiger partial charge in [-0.1, -0.05) is 13.8 Å². The first-order valence-corrected chi connectivity index (χ1v) is 5.74. The van der Waals surface area contributed by atoms with Crippen LogP contribution in [0.3, 0.4) is 0 Å². The standard InChI is InChI=1S/C7H15NO2S/c1-4-7(2)5-6(7)8-11(3,9)10/h6,8H,4-5H2,1-3H3. The molecule has 66 valence electrons. The van der Waals surface area contributed by atoms with Crippen molar-refractivity contribution >= 4 is 10.0 Å². The molecule has 0 heterocycles. The van der Waals surface area contributed by atoms with Crippen molar-refractivity contribution in [3.05, 3.63) is 0 Å². The summed E-state index contributed by atoms with van der Waals surface area (Å²) in [7, 11) is -2.99. The summed E-state index contributed by atoms with van der Waals surface area (Å²) in [6.45, 7) is 4.19.